The van der Waals surface area contributed by atoms with Gasteiger partial charge in [0.25, 0.3) is 0 Å². The van der Waals surface area contributed by atoms with Crippen molar-refractivity contribution in [3.63, 3.8) is 0 Å². The quantitative estimate of drug-likeness (QED) is 0.847. The van der Waals surface area contributed by atoms with Crippen LogP contribution in [0.15, 0.2) is 6.07 Å². The van der Waals surface area contributed by atoms with Crippen molar-refractivity contribution < 1.29 is 19.4 Å². The summed E-state index contributed by atoms with van der Waals surface area (Å²) in [6, 6.07) is 0.891. The van der Waals surface area contributed by atoms with E-state index in [1.165, 1.54) is 11.3 Å². The fourth-order valence-electron chi connectivity index (χ4n) is 2.60. The van der Waals surface area contributed by atoms with Crippen molar-refractivity contribution in [3.8, 4) is 0 Å². The van der Waals surface area contributed by atoms with E-state index in [4.69, 9.17) is 20.3 Å². The first kappa shape index (κ1) is 12.1. The molecule has 6 heteroatoms. The fourth-order valence-corrected chi connectivity index (χ4v) is 3.86. The number of aryl methyl sites for hydroxylation is 1. The molecule has 0 bridgehead atoms. The van der Waals surface area contributed by atoms with Crippen LogP contribution in [0.25, 0.3) is 0 Å². The van der Waals surface area contributed by atoms with Gasteiger partial charge in [0.15, 0.2) is 5.79 Å². The summed E-state index contributed by atoms with van der Waals surface area (Å²) < 4.78 is 11.5. The summed E-state index contributed by atoms with van der Waals surface area (Å²) in [7, 11) is 0. The summed E-state index contributed by atoms with van der Waals surface area (Å²) in [5.74, 6) is -1.64. The molecule has 1 aliphatic carbocycles. The van der Waals surface area contributed by atoms with E-state index in [2.05, 4.69) is 0 Å². The molecule has 1 saturated heterocycles. The molecular weight excluding hydrogens is 254 g/mol. The maximum absolute atomic E-state index is 10.9. The van der Waals surface area contributed by atoms with Crippen molar-refractivity contribution >= 4 is 17.3 Å². The van der Waals surface area contributed by atoms with E-state index in [9.17, 15) is 4.79 Å². The molecule has 0 aromatic carbocycles. The molecule has 1 atom stereocenters. The minimum Gasteiger partial charge on any atom is -0.480 e. The number of rotatable bonds is 2. The van der Waals surface area contributed by atoms with Crippen LogP contribution in [0.2, 0.25) is 0 Å². The Bertz CT molecular complexity index is 478. The molecule has 0 radical (unpaired) electrons. The Kier molecular flexibility index (Phi) is 2.90. The van der Waals surface area contributed by atoms with Gasteiger partial charge in [0.1, 0.15) is 6.04 Å². The molecule has 1 spiro atoms. The van der Waals surface area contributed by atoms with E-state index in [1.807, 2.05) is 6.07 Å². The molecule has 1 fully saturated rings. The molecule has 2 heterocycles. The van der Waals surface area contributed by atoms with Crippen LogP contribution in [-0.2, 0) is 26.5 Å². The number of hydrogen-bond acceptors (Lipinski definition) is 5. The smallest absolute Gasteiger partial charge is 0.325 e. The van der Waals surface area contributed by atoms with Gasteiger partial charge in [-0.3, -0.25) is 4.79 Å². The van der Waals surface area contributed by atoms with Crippen LogP contribution in [0, 0.1) is 0 Å². The largest absolute Gasteiger partial charge is 0.480 e. The van der Waals surface area contributed by atoms with Gasteiger partial charge in [0.05, 0.1) is 13.2 Å². The Morgan fingerprint density at radius 1 is 1.50 bits per heavy atom. The van der Waals surface area contributed by atoms with Crippen molar-refractivity contribution in [2.45, 2.75) is 31.1 Å². The highest BCUT2D eigenvalue weighted by Gasteiger charge is 2.43. The second-order valence-corrected chi connectivity index (χ2v) is 5.77. The molecule has 0 amide bonds. The van der Waals surface area contributed by atoms with Gasteiger partial charge >= 0.3 is 5.97 Å². The molecule has 98 valence electrons. The van der Waals surface area contributed by atoms with Crippen molar-refractivity contribution in [2.24, 2.45) is 5.73 Å². The van der Waals surface area contributed by atoms with Crippen molar-refractivity contribution in [2.75, 3.05) is 13.2 Å². The number of ether oxygens (including phenoxy) is 2. The zero-order chi connectivity index (χ0) is 12.8. The molecule has 0 saturated carbocycles. The number of aliphatic carboxylic acids is 1. The van der Waals surface area contributed by atoms with Gasteiger partial charge in [-0.2, -0.15) is 0 Å². The highest BCUT2D eigenvalue weighted by molar-refractivity contribution is 7.12. The van der Waals surface area contributed by atoms with Gasteiger partial charge in [0.2, 0.25) is 0 Å². The molecule has 3 rings (SSSR count). The van der Waals surface area contributed by atoms with Gasteiger partial charge in [-0.15, -0.1) is 11.3 Å². The third kappa shape index (κ3) is 1.76. The standard InChI is InChI=1S/C12H15NO4S/c13-10(11(14)15)9-6-7-8(18-9)2-1-3-12(7)16-4-5-17-12/h6,10H,1-5,13H2,(H,14,15). The van der Waals surface area contributed by atoms with Crippen LogP contribution >= 0.6 is 11.3 Å². The van der Waals surface area contributed by atoms with Gasteiger partial charge < -0.3 is 20.3 Å². The van der Waals surface area contributed by atoms with Crippen molar-refractivity contribution in [1.29, 1.82) is 0 Å². The Hall–Kier alpha value is -0.950. The van der Waals surface area contributed by atoms with Gasteiger partial charge in [-0.05, 0) is 18.9 Å². The number of nitrogens with two attached hydrogens (primary N) is 1. The van der Waals surface area contributed by atoms with Crippen molar-refractivity contribution in [3.05, 3.63) is 21.4 Å². The first-order valence-electron chi connectivity index (χ1n) is 6.02. The van der Waals surface area contributed by atoms with Crippen LogP contribution in [0.4, 0.5) is 0 Å². The normalized spacial score (nSPS) is 22.9. The van der Waals surface area contributed by atoms with E-state index in [1.54, 1.807) is 0 Å². The molecule has 18 heavy (non-hydrogen) atoms. The summed E-state index contributed by atoms with van der Waals surface area (Å²) in [4.78, 5) is 12.8. The molecule has 1 aromatic heterocycles. The summed E-state index contributed by atoms with van der Waals surface area (Å²) in [5, 5.41) is 8.97. The van der Waals surface area contributed by atoms with E-state index in [-0.39, 0.29) is 0 Å². The minimum atomic E-state index is -1.00. The van der Waals surface area contributed by atoms with E-state index < -0.39 is 17.8 Å². The van der Waals surface area contributed by atoms with Gasteiger partial charge in [-0.25, -0.2) is 0 Å². The lowest BCUT2D eigenvalue weighted by Gasteiger charge is -2.31. The Labute approximate surface area is 109 Å². The zero-order valence-corrected chi connectivity index (χ0v) is 10.7. The third-order valence-corrected chi connectivity index (χ3v) is 4.75. The Morgan fingerprint density at radius 3 is 2.89 bits per heavy atom. The maximum Gasteiger partial charge on any atom is 0.325 e. The second-order valence-electron chi connectivity index (χ2n) is 4.60. The first-order valence-corrected chi connectivity index (χ1v) is 6.83. The van der Waals surface area contributed by atoms with Crippen molar-refractivity contribution in [1.82, 2.24) is 0 Å². The number of hydrogen-bond donors (Lipinski definition) is 2. The Balaban J connectivity index is 2.00. The van der Waals surface area contributed by atoms with Crippen LogP contribution < -0.4 is 5.73 Å². The van der Waals surface area contributed by atoms with Crippen LogP contribution in [-0.4, -0.2) is 24.3 Å². The number of carboxylic acid groups (broad SMARTS) is 1. The highest BCUT2D eigenvalue weighted by atomic mass is 32.1. The highest BCUT2D eigenvalue weighted by Crippen LogP contribution is 2.45. The molecular formula is C12H15NO4S. The average molecular weight is 269 g/mol. The Morgan fingerprint density at radius 2 is 2.22 bits per heavy atom. The molecule has 5 nitrogen and oxygen atoms in total. The fraction of sp³-hybridized carbons (Fsp3) is 0.583. The maximum atomic E-state index is 10.9. The number of carbonyl (C=O) groups is 1. The first-order chi connectivity index (χ1) is 8.62. The lowest BCUT2D eigenvalue weighted by atomic mass is 9.92. The van der Waals surface area contributed by atoms with E-state index in [0.29, 0.717) is 18.1 Å². The zero-order valence-electron chi connectivity index (χ0n) is 9.85. The van der Waals surface area contributed by atoms with Crippen LogP contribution in [0.3, 0.4) is 0 Å². The average Bonchev–Trinajstić information content (AvgIpc) is 2.96. The van der Waals surface area contributed by atoms with E-state index in [0.717, 1.165) is 29.7 Å². The second kappa shape index (κ2) is 4.31. The molecule has 2 aliphatic rings. The van der Waals surface area contributed by atoms with Crippen LogP contribution in [0.5, 0.6) is 0 Å². The van der Waals surface area contributed by atoms with Crippen LogP contribution in [0.1, 0.15) is 34.2 Å². The minimum absolute atomic E-state index is 0.593. The molecule has 1 aromatic rings. The molecule has 3 N–H and O–H groups in total. The monoisotopic (exact) mass is 269 g/mol. The molecule has 1 aliphatic heterocycles. The summed E-state index contributed by atoms with van der Waals surface area (Å²) in [6.07, 6.45) is 2.77. The van der Waals surface area contributed by atoms with Gasteiger partial charge in [-0.1, -0.05) is 0 Å². The number of thiophene rings is 1. The van der Waals surface area contributed by atoms with E-state index >= 15 is 0 Å². The summed E-state index contributed by atoms with van der Waals surface area (Å²) in [5.41, 5.74) is 6.66. The molecule has 1 unspecified atom stereocenters. The van der Waals surface area contributed by atoms with Gasteiger partial charge in [0, 0.05) is 21.7 Å². The predicted molar refractivity (Wildman–Crippen MR) is 65.4 cm³/mol. The number of carboxylic acids is 1. The predicted octanol–water partition coefficient (Wildman–Crippen LogP) is 1.37. The SMILES string of the molecule is NC(C(=O)O)c1cc2c(s1)CCCC21OCCO1. The third-order valence-electron chi connectivity index (χ3n) is 3.47. The summed E-state index contributed by atoms with van der Waals surface area (Å²) >= 11 is 1.47. The summed E-state index contributed by atoms with van der Waals surface area (Å²) in [6.45, 7) is 1.19. The lowest BCUT2D eigenvalue weighted by molar-refractivity contribution is -0.175. The topological polar surface area (TPSA) is 81.8 Å². The lowest BCUT2D eigenvalue weighted by Crippen LogP contribution is -2.30. The number of fused-ring (bicyclic) bond motifs is 2.